The number of aromatic amines is 1. The first kappa shape index (κ1) is 12.8. The number of nitrogens with zero attached hydrogens (tertiary/aromatic N) is 2. The molecule has 0 aliphatic rings. The van der Waals surface area contributed by atoms with Crippen molar-refractivity contribution < 1.29 is 8.42 Å². The Kier molecular flexibility index (Phi) is 3.47. The number of hydrogen-bond donors (Lipinski definition) is 1. The monoisotopic (exact) mass is 265 g/mol. The zero-order chi connectivity index (χ0) is 13.2. The second-order valence-corrected chi connectivity index (χ2v) is 6.42. The maximum atomic E-state index is 11.3. The Morgan fingerprint density at radius 3 is 2.44 bits per heavy atom. The first-order valence-corrected chi connectivity index (χ1v) is 7.50. The number of benzene rings is 1. The van der Waals surface area contributed by atoms with E-state index in [0.29, 0.717) is 4.90 Å². The van der Waals surface area contributed by atoms with E-state index < -0.39 is 9.84 Å². The summed E-state index contributed by atoms with van der Waals surface area (Å²) in [6.07, 6.45) is 3.68. The summed E-state index contributed by atoms with van der Waals surface area (Å²) in [4.78, 5) is 0.347. The van der Waals surface area contributed by atoms with Crippen molar-refractivity contribution in [1.82, 2.24) is 15.4 Å². The number of sulfone groups is 1. The molecule has 0 bridgehead atoms. The lowest BCUT2D eigenvalue weighted by molar-refractivity contribution is 0.601. The van der Waals surface area contributed by atoms with Crippen LogP contribution in [0.25, 0.3) is 0 Å². The average molecular weight is 265 g/mol. The highest BCUT2D eigenvalue weighted by molar-refractivity contribution is 7.90. The second-order valence-electron chi connectivity index (χ2n) is 4.41. The van der Waals surface area contributed by atoms with E-state index in [-0.39, 0.29) is 5.92 Å². The largest absolute Gasteiger partial charge is 0.224 e. The number of H-pyrrole nitrogens is 1. The van der Waals surface area contributed by atoms with Crippen LogP contribution in [0.2, 0.25) is 0 Å². The maximum absolute atomic E-state index is 11.3. The van der Waals surface area contributed by atoms with Crippen LogP contribution in [0.4, 0.5) is 0 Å². The standard InChI is InChI=1S/C12H15N3O2S/c1-9(7-11-8-13-15-14-11)10-3-5-12(6-4-10)18(2,16)17/h3-6,8-9H,7H2,1-2H3,(H,13,14,15). The molecule has 96 valence electrons. The van der Waals surface area contributed by atoms with E-state index in [4.69, 9.17) is 0 Å². The van der Waals surface area contributed by atoms with Gasteiger partial charge >= 0.3 is 0 Å². The third-order valence-corrected chi connectivity index (χ3v) is 3.99. The van der Waals surface area contributed by atoms with Gasteiger partial charge in [-0.05, 0) is 30.0 Å². The van der Waals surface area contributed by atoms with Gasteiger partial charge in [0, 0.05) is 6.26 Å². The minimum Gasteiger partial charge on any atom is -0.224 e. The molecule has 0 aliphatic heterocycles. The van der Waals surface area contributed by atoms with Crippen LogP contribution < -0.4 is 0 Å². The van der Waals surface area contributed by atoms with Gasteiger partial charge in [-0.3, -0.25) is 0 Å². The Bertz CT molecular complexity index is 603. The summed E-state index contributed by atoms with van der Waals surface area (Å²) in [6.45, 7) is 2.07. The van der Waals surface area contributed by atoms with Gasteiger partial charge in [-0.25, -0.2) is 8.42 Å². The Morgan fingerprint density at radius 2 is 1.94 bits per heavy atom. The topological polar surface area (TPSA) is 75.7 Å². The first-order chi connectivity index (χ1) is 8.47. The normalized spacial score (nSPS) is 13.4. The fourth-order valence-corrected chi connectivity index (χ4v) is 2.43. The van der Waals surface area contributed by atoms with Gasteiger partial charge in [0.05, 0.1) is 16.8 Å². The Morgan fingerprint density at radius 1 is 1.28 bits per heavy atom. The van der Waals surface area contributed by atoms with Gasteiger partial charge < -0.3 is 0 Å². The number of nitrogens with one attached hydrogen (secondary N) is 1. The molecule has 18 heavy (non-hydrogen) atoms. The van der Waals surface area contributed by atoms with Crippen LogP contribution in [0, 0.1) is 0 Å². The SMILES string of the molecule is CC(Cc1cn[nH]n1)c1ccc(S(C)(=O)=O)cc1. The molecule has 1 aromatic carbocycles. The summed E-state index contributed by atoms with van der Waals surface area (Å²) < 4.78 is 22.7. The third kappa shape index (κ3) is 2.95. The molecule has 1 unspecified atom stereocenters. The van der Waals surface area contributed by atoms with E-state index in [1.807, 2.05) is 12.1 Å². The van der Waals surface area contributed by atoms with Gasteiger partial charge in [0.25, 0.3) is 0 Å². The van der Waals surface area contributed by atoms with Crippen molar-refractivity contribution in [2.75, 3.05) is 6.26 Å². The molecular weight excluding hydrogens is 250 g/mol. The van der Waals surface area contributed by atoms with Crippen molar-refractivity contribution in [2.24, 2.45) is 0 Å². The Balaban J connectivity index is 2.14. The van der Waals surface area contributed by atoms with Gasteiger partial charge in [0.2, 0.25) is 0 Å². The van der Waals surface area contributed by atoms with Crippen molar-refractivity contribution in [3.05, 3.63) is 41.7 Å². The first-order valence-electron chi connectivity index (χ1n) is 5.61. The van der Waals surface area contributed by atoms with Crippen LogP contribution in [0.1, 0.15) is 24.1 Å². The zero-order valence-corrected chi connectivity index (χ0v) is 11.1. The molecule has 1 heterocycles. The molecule has 0 saturated heterocycles. The summed E-state index contributed by atoms with van der Waals surface area (Å²) in [5, 5.41) is 10.3. The van der Waals surface area contributed by atoms with E-state index in [9.17, 15) is 8.42 Å². The van der Waals surface area contributed by atoms with Gasteiger partial charge in [-0.15, -0.1) is 0 Å². The lowest BCUT2D eigenvalue weighted by atomic mass is 9.97. The summed E-state index contributed by atoms with van der Waals surface area (Å²) in [6, 6.07) is 6.98. The number of aromatic nitrogens is 3. The fourth-order valence-electron chi connectivity index (χ4n) is 1.80. The molecule has 1 atom stereocenters. The highest BCUT2D eigenvalue weighted by Gasteiger charge is 2.11. The van der Waals surface area contributed by atoms with Gasteiger partial charge in [-0.1, -0.05) is 19.1 Å². The molecule has 2 rings (SSSR count). The third-order valence-electron chi connectivity index (χ3n) is 2.86. The highest BCUT2D eigenvalue weighted by Crippen LogP contribution is 2.20. The van der Waals surface area contributed by atoms with Crippen LogP contribution in [0.15, 0.2) is 35.4 Å². The van der Waals surface area contributed by atoms with E-state index >= 15 is 0 Å². The van der Waals surface area contributed by atoms with E-state index in [2.05, 4.69) is 22.3 Å². The van der Waals surface area contributed by atoms with E-state index in [0.717, 1.165) is 17.7 Å². The fraction of sp³-hybridized carbons (Fsp3) is 0.333. The Hall–Kier alpha value is -1.69. The predicted octanol–water partition coefficient (Wildman–Crippen LogP) is 1.55. The zero-order valence-electron chi connectivity index (χ0n) is 10.3. The lowest BCUT2D eigenvalue weighted by Gasteiger charge is -2.10. The quantitative estimate of drug-likeness (QED) is 0.910. The minimum atomic E-state index is -3.12. The van der Waals surface area contributed by atoms with E-state index in [1.165, 1.54) is 6.26 Å². The summed E-state index contributed by atoms with van der Waals surface area (Å²) >= 11 is 0. The van der Waals surface area contributed by atoms with Crippen molar-refractivity contribution in [3.8, 4) is 0 Å². The molecule has 0 radical (unpaired) electrons. The van der Waals surface area contributed by atoms with Crippen molar-refractivity contribution in [2.45, 2.75) is 24.2 Å². The van der Waals surface area contributed by atoms with Crippen molar-refractivity contribution >= 4 is 9.84 Å². The molecule has 2 aromatic rings. The minimum absolute atomic E-state index is 0.267. The van der Waals surface area contributed by atoms with Crippen LogP contribution in [0.3, 0.4) is 0 Å². The van der Waals surface area contributed by atoms with E-state index in [1.54, 1.807) is 18.3 Å². The maximum Gasteiger partial charge on any atom is 0.175 e. The van der Waals surface area contributed by atoms with Gasteiger partial charge in [0.1, 0.15) is 0 Å². The molecule has 0 amide bonds. The van der Waals surface area contributed by atoms with Crippen LogP contribution in [0.5, 0.6) is 0 Å². The van der Waals surface area contributed by atoms with Crippen LogP contribution in [-0.4, -0.2) is 30.1 Å². The molecular formula is C12H15N3O2S. The Labute approximate surface area is 106 Å². The summed E-state index contributed by atoms with van der Waals surface area (Å²) in [5.74, 6) is 0.267. The van der Waals surface area contributed by atoms with Crippen LogP contribution in [-0.2, 0) is 16.3 Å². The smallest absolute Gasteiger partial charge is 0.175 e. The van der Waals surface area contributed by atoms with Crippen LogP contribution >= 0.6 is 0 Å². The molecule has 0 saturated carbocycles. The summed E-state index contributed by atoms with van der Waals surface area (Å²) in [5.41, 5.74) is 1.99. The molecule has 5 nitrogen and oxygen atoms in total. The number of hydrogen-bond acceptors (Lipinski definition) is 4. The highest BCUT2D eigenvalue weighted by atomic mass is 32.2. The molecule has 1 aromatic heterocycles. The molecule has 0 spiro atoms. The average Bonchev–Trinajstić information content (AvgIpc) is 2.81. The molecule has 0 fully saturated rings. The lowest BCUT2D eigenvalue weighted by Crippen LogP contribution is -2.01. The van der Waals surface area contributed by atoms with Gasteiger partial charge in [0.15, 0.2) is 9.84 Å². The molecule has 6 heteroatoms. The molecule has 1 N–H and O–H groups in total. The molecule has 0 aliphatic carbocycles. The van der Waals surface area contributed by atoms with Crippen molar-refractivity contribution in [1.29, 1.82) is 0 Å². The van der Waals surface area contributed by atoms with Gasteiger partial charge in [-0.2, -0.15) is 15.4 Å². The second kappa shape index (κ2) is 4.89. The number of rotatable bonds is 4. The van der Waals surface area contributed by atoms with Crippen molar-refractivity contribution in [3.63, 3.8) is 0 Å². The summed E-state index contributed by atoms with van der Waals surface area (Å²) in [7, 11) is -3.12. The predicted molar refractivity (Wildman–Crippen MR) is 68.1 cm³/mol.